The number of hydrogen-bond donors (Lipinski definition) is 2. The van der Waals surface area contributed by atoms with Gasteiger partial charge in [-0.25, -0.2) is 0 Å². The van der Waals surface area contributed by atoms with Crippen molar-refractivity contribution in [3.63, 3.8) is 0 Å². The Labute approximate surface area is 121 Å². The molecule has 1 saturated heterocycles. The molecule has 1 amide bonds. The van der Waals surface area contributed by atoms with E-state index in [-0.39, 0.29) is 5.91 Å². The zero-order chi connectivity index (χ0) is 14.4. The van der Waals surface area contributed by atoms with E-state index in [9.17, 15) is 4.79 Å². The van der Waals surface area contributed by atoms with Crippen LogP contribution in [0, 0.1) is 5.92 Å². The third-order valence-corrected chi connectivity index (χ3v) is 4.02. The van der Waals surface area contributed by atoms with Crippen molar-refractivity contribution in [2.75, 3.05) is 33.2 Å². The van der Waals surface area contributed by atoms with E-state index in [0.717, 1.165) is 25.6 Å². The maximum absolute atomic E-state index is 11.4. The topological polar surface area (TPSA) is 44.4 Å². The highest BCUT2D eigenvalue weighted by Gasteiger charge is 2.20. The van der Waals surface area contributed by atoms with Crippen molar-refractivity contribution >= 4 is 5.91 Å². The van der Waals surface area contributed by atoms with Crippen molar-refractivity contribution in [3.05, 3.63) is 35.4 Å². The van der Waals surface area contributed by atoms with E-state index < -0.39 is 0 Å². The van der Waals surface area contributed by atoms with Crippen LogP contribution in [0.1, 0.15) is 29.3 Å². The van der Waals surface area contributed by atoms with Gasteiger partial charge in [-0.3, -0.25) is 4.79 Å². The summed E-state index contributed by atoms with van der Waals surface area (Å²) in [7, 11) is 1.65. The smallest absolute Gasteiger partial charge is 0.251 e. The molecular weight excluding hydrogens is 250 g/mol. The molecule has 0 aromatic heterocycles. The third kappa shape index (κ3) is 4.05. The number of carbonyl (C=O) groups excluding carboxylic acids is 1. The summed E-state index contributed by atoms with van der Waals surface area (Å²) in [6, 6.07) is 7.80. The zero-order valence-corrected chi connectivity index (χ0v) is 12.5. The molecule has 4 nitrogen and oxygen atoms in total. The minimum Gasteiger partial charge on any atom is -0.355 e. The average Bonchev–Trinajstić information content (AvgIpc) is 2.95. The van der Waals surface area contributed by atoms with Crippen molar-refractivity contribution in [2.24, 2.45) is 5.92 Å². The standard InChI is InChI=1S/C16H25N3O/c1-3-19-9-8-14(12-19)11-18-10-13-4-6-15(7-5-13)16(20)17-2/h4-7,14,18H,3,8-12H2,1-2H3,(H,17,20). The molecule has 1 aliphatic rings. The van der Waals surface area contributed by atoms with Crippen LogP contribution in [0.15, 0.2) is 24.3 Å². The van der Waals surface area contributed by atoms with E-state index in [1.807, 2.05) is 24.3 Å². The summed E-state index contributed by atoms with van der Waals surface area (Å²) < 4.78 is 0. The predicted molar refractivity (Wildman–Crippen MR) is 81.8 cm³/mol. The molecule has 1 aliphatic heterocycles. The lowest BCUT2D eigenvalue weighted by molar-refractivity contribution is 0.0963. The van der Waals surface area contributed by atoms with Gasteiger partial charge in [0.1, 0.15) is 0 Å². The number of carbonyl (C=O) groups is 1. The molecule has 2 rings (SSSR count). The Morgan fingerprint density at radius 2 is 2.10 bits per heavy atom. The fourth-order valence-corrected chi connectivity index (χ4v) is 2.71. The molecule has 0 bridgehead atoms. The van der Waals surface area contributed by atoms with Gasteiger partial charge in [0.15, 0.2) is 0 Å². The van der Waals surface area contributed by atoms with Crippen LogP contribution < -0.4 is 10.6 Å². The third-order valence-electron chi connectivity index (χ3n) is 4.02. The summed E-state index contributed by atoms with van der Waals surface area (Å²) >= 11 is 0. The lowest BCUT2D eigenvalue weighted by atomic mass is 10.1. The van der Waals surface area contributed by atoms with E-state index in [2.05, 4.69) is 22.5 Å². The maximum atomic E-state index is 11.4. The summed E-state index contributed by atoms with van der Waals surface area (Å²) in [6.45, 7) is 7.80. The summed E-state index contributed by atoms with van der Waals surface area (Å²) in [4.78, 5) is 13.9. The van der Waals surface area contributed by atoms with Gasteiger partial charge in [-0.05, 0) is 49.7 Å². The number of rotatable bonds is 6. The number of amides is 1. The summed E-state index contributed by atoms with van der Waals surface area (Å²) in [5, 5.41) is 6.16. The second kappa shape index (κ2) is 7.41. The van der Waals surface area contributed by atoms with Gasteiger partial charge < -0.3 is 15.5 Å². The van der Waals surface area contributed by atoms with Gasteiger partial charge in [0.25, 0.3) is 5.91 Å². The Morgan fingerprint density at radius 3 is 2.70 bits per heavy atom. The van der Waals surface area contributed by atoms with Gasteiger partial charge >= 0.3 is 0 Å². The first-order valence-corrected chi connectivity index (χ1v) is 7.47. The molecule has 1 atom stereocenters. The molecule has 110 valence electrons. The number of hydrogen-bond acceptors (Lipinski definition) is 3. The van der Waals surface area contributed by atoms with Crippen LogP contribution in [0.5, 0.6) is 0 Å². The van der Waals surface area contributed by atoms with Crippen molar-refractivity contribution < 1.29 is 4.79 Å². The number of benzene rings is 1. The second-order valence-corrected chi connectivity index (χ2v) is 5.45. The van der Waals surface area contributed by atoms with E-state index in [4.69, 9.17) is 0 Å². The number of likely N-dealkylation sites (tertiary alicyclic amines) is 1. The van der Waals surface area contributed by atoms with E-state index >= 15 is 0 Å². The maximum Gasteiger partial charge on any atom is 0.251 e. The van der Waals surface area contributed by atoms with E-state index in [1.54, 1.807) is 7.05 Å². The summed E-state index contributed by atoms with van der Waals surface area (Å²) in [5.74, 6) is 0.746. The van der Waals surface area contributed by atoms with Crippen molar-refractivity contribution in [1.82, 2.24) is 15.5 Å². The monoisotopic (exact) mass is 275 g/mol. The molecule has 0 radical (unpaired) electrons. The Bertz CT molecular complexity index is 430. The number of nitrogens with zero attached hydrogens (tertiary/aromatic N) is 1. The van der Waals surface area contributed by atoms with Crippen molar-refractivity contribution in [3.8, 4) is 0 Å². The largest absolute Gasteiger partial charge is 0.355 e. The molecule has 1 unspecified atom stereocenters. The van der Waals surface area contributed by atoms with Crippen LogP contribution in [-0.2, 0) is 6.54 Å². The quantitative estimate of drug-likeness (QED) is 0.826. The summed E-state index contributed by atoms with van der Waals surface area (Å²) in [6.07, 6.45) is 1.30. The molecule has 0 spiro atoms. The molecule has 1 aromatic rings. The molecule has 1 fully saturated rings. The molecular formula is C16H25N3O. The summed E-state index contributed by atoms with van der Waals surface area (Å²) in [5.41, 5.74) is 1.94. The van der Waals surface area contributed by atoms with E-state index in [0.29, 0.717) is 5.56 Å². The van der Waals surface area contributed by atoms with Gasteiger partial charge in [-0.15, -0.1) is 0 Å². The Hall–Kier alpha value is -1.39. The fraction of sp³-hybridized carbons (Fsp3) is 0.562. The van der Waals surface area contributed by atoms with Gasteiger partial charge in [0, 0.05) is 25.7 Å². The molecule has 1 aromatic carbocycles. The molecule has 20 heavy (non-hydrogen) atoms. The fourth-order valence-electron chi connectivity index (χ4n) is 2.71. The first kappa shape index (κ1) is 15.0. The van der Waals surface area contributed by atoms with Gasteiger partial charge in [0.05, 0.1) is 0 Å². The minimum atomic E-state index is -0.0323. The Balaban J connectivity index is 1.73. The van der Waals surface area contributed by atoms with Crippen molar-refractivity contribution in [2.45, 2.75) is 19.9 Å². The van der Waals surface area contributed by atoms with Crippen LogP contribution in [-0.4, -0.2) is 44.0 Å². The highest BCUT2D eigenvalue weighted by atomic mass is 16.1. The molecule has 1 heterocycles. The molecule has 0 saturated carbocycles. The molecule has 0 aliphatic carbocycles. The molecule has 4 heteroatoms. The minimum absolute atomic E-state index is 0.0323. The van der Waals surface area contributed by atoms with Crippen LogP contribution in [0.3, 0.4) is 0 Å². The second-order valence-electron chi connectivity index (χ2n) is 5.45. The lowest BCUT2D eigenvalue weighted by Crippen LogP contribution is -2.26. The van der Waals surface area contributed by atoms with Crippen LogP contribution in [0.2, 0.25) is 0 Å². The average molecular weight is 275 g/mol. The van der Waals surface area contributed by atoms with Crippen LogP contribution in [0.25, 0.3) is 0 Å². The first-order chi connectivity index (χ1) is 9.72. The van der Waals surface area contributed by atoms with Crippen LogP contribution in [0.4, 0.5) is 0 Å². The van der Waals surface area contributed by atoms with Gasteiger partial charge in [0.2, 0.25) is 0 Å². The Kier molecular flexibility index (Phi) is 5.56. The van der Waals surface area contributed by atoms with Crippen molar-refractivity contribution in [1.29, 1.82) is 0 Å². The van der Waals surface area contributed by atoms with Gasteiger partial charge in [-0.2, -0.15) is 0 Å². The Morgan fingerprint density at radius 1 is 1.35 bits per heavy atom. The normalized spacial score (nSPS) is 19.2. The van der Waals surface area contributed by atoms with Crippen LogP contribution >= 0.6 is 0 Å². The highest BCUT2D eigenvalue weighted by Crippen LogP contribution is 2.14. The first-order valence-electron chi connectivity index (χ1n) is 7.47. The highest BCUT2D eigenvalue weighted by molar-refractivity contribution is 5.93. The zero-order valence-electron chi connectivity index (χ0n) is 12.5. The lowest BCUT2D eigenvalue weighted by Gasteiger charge is -2.13. The van der Waals surface area contributed by atoms with E-state index in [1.165, 1.54) is 25.1 Å². The predicted octanol–water partition coefficient (Wildman–Crippen LogP) is 1.48. The van der Waals surface area contributed by atoms with Gasteiger partial charge in [-0.1, -0.05) is 19.1 Å². The number of nitrogens with one attached hydrogen (secondary N) is 2. The molecule has 2 N–H and O–H groups in total. The SMILES string of the molecule is CCN1CCC(CNCc2ccc(C(=O)NC)cc2)C1.